The highest BCUT2D eigenvalue weighted by Gasteiger charge is 2.20. The van der Waals surface area contributed by atoms with Gasteiger partial charge in [-0.05, 0) is 5.92 Å². The Bertz CT molecular complexity index is 963. The molecule has 0 fully saturated rings. The number of nitrogens with zero attached hydrogens (tertiary/aromatic N) is 2. The molecule has 1 heterocycles. The molecule has 0 spiro atoms. The second kappa shape index (κ2) is 7.55. The Morgan fingerprint density at radius 3 is 1.26 bits per heavy atom. The third-order valence-electron chi connectivity index (χ3n) is 4.65. The van der Waals surface area contributed by atoms with Crippen LogP contribution in [0.5, 0.6) is 0 Å². The van der Waals surface area contributed by atoms with Gasteiger partial charge in [0.05, 0.1) is 11.4 Å². The fraction of sp³-hybridized carbons (Fsp3) is 0.120. The van der Waals surface area contributed by atoms with Crippen LogP contribution < -0.4 is 0 Å². The van der Waals surface area contributed by atoms with E-state index in [-0.39, 0.29) is 0 Å². The van der Waals surface area contributed by atoms with Gasteiger partial charge in [0.25, 0.3) is 0 Å². The SMILES string of the molecule is CC(C)c1c(-c2ccccc2)nc(-c2ccccc2)nc1-c1ccccc1. The van der Waals surface area contributed by atoms with Crippen LogP contribution in [0.1, 0.15) is 25.3 Å². The maximum atomic E-state index is 5.01. The summed E-state index contributed by atoms with van der Waals surface area (Å²) in [4.78, 5) is 10.0. The molecule has 0 amide bonds. The van der Waals surface area contributed by atoms with Crippen molar-refractivity contribution in [2.75, 3.05) is 0 Å². The normalized spacial score (nSPS) is 10.9. The van der Waals surface area contributed by atoms with Crippen molar-refractivity contribution in [1.82, 2.24) is 9.97 Å². The predicted molar refractivity (Wildman–Crippen MR) is 112 cm³/mol. The molecule has 3 aromatic carbocycles. The van der Waals surface area contributed by atoms with Crippen molar-refractivity contribution in [1.29, 1.82) is 0 Å². The molecule has 2 nitrogen and oxygen atoms in total. The zero-order chi connectivity index (χ0) is 18.6. The highest BCUT2D eigenvalue weighted by atomic mass is 14.9. The third kappa shape index (κ3) is 3.52. The summed E-state index contributed by atoms with van der Waals surface area (Å²) in [6.45, 7) is 4.42. The molecule has 0 saturated carbocycles. The van der Waals surface area contributed by atoms with Crippen LogP contribution in [-0.2, 0) is 0 Å². The Hall–Kier alpha value is -3.26. The van der Waals surface area contributed by atoms with Crippen molar-refractivity contribution in [2.45, 2.75) is 19.8 Å². The number of aromatic nitrogens is 2. The van der Waals surface area contributed by atoms with Gasteiger partial charge in [-0.3, -0.25) is 0 Å². The Balaban J connectivity index is 2.05. The van der Waals surface area contributed by atoms with Crippen LogP contribution in [0.2, 0.25) is 0 Å². The van der Waals surface area contributed by atoms with Crippen molar-refractivity contribution in [3.8, 4) is 33.9 Å². The predicted octanol–water partition coefficient (Wildman–Crippen LogP) is 6.60. The highest BCUT2D eigenvalue weighted by Crippen LogP contribution is 2.36. The van der Waals surface area contributed by atoms with Crippen LogP contribution in [0, 0.1) is 0 Å². The Kier molecular flexibility index (Phi) is 4.80. The molecule has 0 bridgehead atoms. The first-order chi connectivity index (χ1) is 13.2. The lowest BCUT2D eigenvalue weighted by molar-refractivity contribution is 0.854. The van der Waals surface area contributed by atoms with Crippen LogP contribution >= 0.6 is 0 Å². The zero-order valence-electron chi connectivity index (χ0n) is 15.6. The first-order valence-electron chi connectivity index (χ1n) is 9.32. The monoisotopic (exact) mass is 350 g/mol. The summed E-state index contributed by atoms with van der Waals surface area (Å²) in [6.07, 6.45) is 0. The molecule has 132 valence electrons. The minimum atomic E-state index is 0.306. The minimum Gasteiger partial charge on any atom is -0.228 e. The van der Waals surface area contributed by atoms with Crippen LogP contribution in [0.3, 0.4) is 0 Å². The Labute approximate surface area is 160 Å². The van der Waals surface area contributed by atoms with Gasteiger partial charge in [0.2, 0.25) is 0 Å². The van der Waals surface area contributed by atoms with Crippen molar-refractivity contribution < 1.29 is 0 Å². The zero-order valence-corrected chi connectivity index (χ0v) is 15.6. The molecule has 0 unspecified atom stereocenters. The Morgan fingerprint density at radius 1 is 0.519 bits per heavy atom. The molecular weight excluding hydrogens is 328 g/mol. The molecule has 0 radical (unpaired) electrons. The molecule has 1 aromatic heterocycles. The minimum absolute atomic E-state index is 0.306. The van der Waals surface area contributed by atoms with E-state index in [1.165, 1.54) is 5.56 Å². The molecule has 2 heteroatoms. The van der Waals surface area contributed by atoms with Crippen LogP contribution in [-0.4, -0.2) is 9.97 Å². The summed E-state index contributed by atoms with van der Waals surface area (Å²) in [7, 11) is 0. The van der Waals surface area contributed by atoms with Crippen molar-refractivity contribution in [3.63, 3.8) is 0 Å². The molecule has 0 aliphatic rings. The average molecular weight is 350 g/mol. The van der Waals surface area contributed by atoms with Gasteiger partial charge >= 0.3 is 0 Å². The van der Waals surface area contributed by atoms with E-state index >= 15 is 0 Å². The highest BCUT2D eigenvalue weighted by molar-refractivity contribution is 5.77. The molecule has 0 saturated heterocycles. The van der Waals surface area contributed by atoms with Gasteiger partial charge in [0.1, 0.15) is 0 Å². The van der Waals surface area contributed by atoms with Gasteiger partial charge in [-0.1, -0.05) is 105 Å². The number of hydrogen-bond donors (Lipinski definition) is 0. The molecule has 0 N–H and O–H groups in total. The van der Waals surface area contributed by atoms with Gasteiger partial charge in [-0.15, -0.1) is 0 Å². The van der Waals surface area contributed by atoms with Crippen LogP contribution in [0.25, 0.3) is 33.9 Å². The van der Waals surface area contributed by atoms with E-state index < -0.39 is 0 Å². The van der Waals surface area contributed by atoms with Crippen molar-refractivity contribution in [3.05, 3.63) is 96.6 Å². The van der Waals surface area contributed by atoms with Gasteiger partial charge in [-0.25, -0.2) is 9.97 Å². The second-order valence-corrected chi connectivity index (χ2v) is 6.91. The Morgan fingerprint density at radius 2 is 0.889 bits per heavy atom. The van der Waals surface area contributed by atoms with E-state index in [1.54, 1.807) is 0 Å². The summed E-state index contributed by atoms with van der Waals surface area (Å²) in [5.41, 5.74) is 6.49. The molecule has 0 aliphatic heterocycles. The van der Waals surface area contributed by atoms with Crippen LogP contribution in [0.4, 0.5) is 0 Å². The molecule has 27 heavy (non-hydrogen) atoms. The van der Waals surface area contributed by atoms with Gasteiger partial charge in [-0.2, -0.15) is 0 Å². The van der Waals surface area contributed by atoms with Gasteiger partial charge < -0.3 is 0 Å². The molecule has 0 atom stereocenters. The topological polar surface area (TPSA) is 25.8 Å². The second-order valence-electron chi connectivity index (χ2n) is 6.91. The van der Waals surface area contributed by atoms with E-state index in [4.69, 9.17) is 9.97 Å². The standard InChI is InChI=1S/C25H22N2/c1-18(2)22-23(19-12-6-3-7-13-19)26-25(21-16-10-5-11-17-21)27-24(22)20-14-8-4-9-15-20/h3-18H,1-2H3. The number of benzene rings is 3. The largest absolute Gasteiger partial charge is 0.228 e. The van der Waals surface area contributed by atoms with Gasteiger partial charge in [0.15, 0.2) is 5.82 Å². The first-order valence-corrected chi connectivity index (χ1v) is 9.32. The van der Waals surface area contributed by atoms with Crippen molar-refractivity contribution in [2.24, 2.45) is 0 Å². The smallest absolute Gasteiger partial charge is 0.160 e. The fourth-order valence-corrected chi connectivity index (χ4v) is 3.36. The maximum absolute atomic E-state index is 5.01. The summed E-state index contributed by atoms with van der Waals surface area (Å²) in [5.74, 6) is 1.07. The lowest BCUT2D eigenvalue weighted by Gasteiger charge is -2.18. The van der Waals surface area contributed by atoms with Crippen molar-refractivity contribution >= 4 is 0 Å². The van der Waals surface area contributed by atoms with E-state index in [2.05, 4.69) is 74.5 Å². The molecular formula is C25H22N2. The number of rotatable bonds is 4. The van der Waals surface area contributed by atoms with E-state index in [1.807, 2.05) is 30.3 Å². The first kappa shape index (κ1) is 17.2. The van der Waals surface area contributed by atoms with Crippen LogP contribution in [0.15, 0.2) is 91.0 Å². The molecule has 0 aliphatic carbocycles. The summed E-state index contributed by atoms with van der Waals surface area (Å²) in [5, 5.41) is 0. The quantitative estimate of drug-likeness (QED) is 0.414. The molecule has 4 aromatic rings. The number of hydrogen-bond acceptors (Lipinski definition) is 2. The molecule has 4 rings (SSSR count). The van der Waals surface area contributed by atoms with E-state index in [0.29, 0.717) is 5.92 Å². The lowest BCUT2D eigenvalue weighted by Crippen LogP contribution is -2.04. The summed E-state index contributed by atoms with van der Waals surface area (Å²) >= 11 is 0. The summed E-state index contributed by atoms with van der Waals surface area (Å²) in [6, 6.07) is 31.0. The third-order valence-corrected chi connectivity index (χ3v) is 4.65. The van der Waals surface area contributed by atoms with E-state index in [0.717, 1.165) is 33.9 Å². The summed E-state index contributed by atoms with van der Waals surface area (Å²) < 4.78 is 0. The van der Waals surface area contributed by atoms with E-state index in [9.17, 15) is 0 Å². The maximum Gasteiger partial charge on any atom is 0.160 e. The van der Waals surface area contributed by atoms with Gasteiger partial charge in [0, 0.05) is 22.3 Å². The fourth-order valence-electron chi connectivity index (χ4n) is 3.36. The average Bonchev–Trinajstić information content (AvgIpc) is 2.74. The lowest BCUT2D eigenvalue weighted by atomic mass is 9.92.